The Morgan fingerprint density at radius 1 is 1.44 bits per heavy atom. The van der Waals surface area contributed by atoms with E-state index in [-0.39, 0.29) is 10.8 Å². The number of allylic oxidation sites excluding steroid dienone is 1. The zero-order valence-corrected chi connectivity index (χ0v) is 13.0. The smallest absolute Gasteiger partial charge is 0.150 e. The zero-order valence-electron chi connectivity index (χ0n) is 10.7. The van der Waals surface area contributed by atoms with Gasteiger partial charge in [0.05, 0.1) is 5.02 Å². The molecule has 0 amide bonds. The van der Waals surface area contributed by atoms with Gasteiger partial charge in [-0.05, 0) is 60.4 Å². The third kappa shape index (κ3) is 4.38. The van der Waals surface area contributed by atoms with Gasteiger partial charge in [0.2, 0.25) is 0 Å². The van der Waals surface area contributed by atoms with Crippen LogP contribution >= 0.6 is 27.5 Å². The molecule has 1 N–H and O–H groups in total. The minimum Gasteiger partial charge on any atom is -0.316 e. The van der Waals surface area contributed by atoms with Gasteiger partial charge in [0, 0.05) is 10.0 Å². The molecule has 0 saturated heterocycles. The molecule has 0 heterocycles. The van der Waals surface area contributed by atoms with Crippen LogP contribution in [-0.2, 0) is 0 Å². The van der Waals surface area contributed by atoms with Crippen molar-refractivity contribution in [2.45, 2.75) is 26.7 Å². The highest BCUT2D eigenvalue weighted by atomic mass is 79.9. The van der Waals surface area contributed by atoms with E-state index in [1.807, 2.05) is 13.0 Å². The zero-order chi connectivity index (χ0) is 13.5. The summed E-state index contributed by atoms with van der Waals surface area (Å²) in [6.07, 6.45) is 4.05. The minimum atomic E-state index is -0.360. The number of halogens is 3. The van der Waals surface area contributed by atoms with E-state index in [9.17, 15) is 4.39 Å². The van der Waals surface area contributed by atoms with E-state index in [0.29, 0.717) is 10.0 Å². The van der Waals surface area contributed by atoms with Gasteiger partial charge in [-0.1, -0.05) is 30.7 Å². The van der Waals surface area contributed by atoms with Crippen LogP contribution in [0.3, 0.4) is 0 Å². The van der Waals surface area contributed by atoms with Gasteiger partial charge in [-0.15, -0.1) is 0 Å². The maximum atomic E-state index is 13.9. The van der Waals surface area contributed by atoms with E-state index < -0.39 is 0 Å². The van der Waals surface area contributed by atoms with E-state index in [0.717, 1.165) is 31.5 Å². The summed E-state index contributed by atoms with van der Waals surface area (Å²) in [6.45, 7) is 5.97. The Labute approximate surface area is 122 Å². The van der Waals surface area contributed by atoms with Crippen LogP contribution in [0.5, 0.6) is 0 Å². The molecular weight excluding hydrogens is 317 g/mol. The van der Waals surface area contributed by atoms with Crippen LogP contribution in [0, 0.1) is 5.82 Å². The van der Waals surface area contributed by atoms with Gasteiger partial charge in [-0.2, -0.15) is 0 Å². The van der Waals surface area contributed by atoms with E-state index in [1.165, 1.54) is 0 Å². The van der Waals surface area contributed by atoms with E-state index >= 15 is 0 Å². The third-order valence-corrected chi connectivity index (χ3v) is 3.92. The standard InChI is InChI=1S/C14H18BrClFN/c1-3-8-18-9-4-5-10(2)11-6-7-12(15)13(16)14(11)17/h5-7,18H,3-4,8-9H2,1-2H3/b10-5-. The molecule has 100 valence electrons. The first-order valence-corrected chi connectivity index (χ1v) is 7.26. The molecule has 0 unspecified atom stereocenters. The fourth-order valence-electron chi connectivity index (χ4n) is 1.63. The first-order chi connectivity index (χ1) is 8.57. The summed E-state index contributed by atoms with van der Waals surface area (Å²) in [5.74, 6) is -0.360. The molecule has 0 spiro atoms. The van der Waals surface area contributed by atoms with Crippen LogP contribution < -0.4 is 5.32 Å². The lowest BCUT2D eigenvalue weighted by molar-refractivity contribution is 0.623. The highest BCUT2D eigenvalue weighted by Gasteiger charge is 2.10. The Bertz CT molecular complexity index is 432. The second-order valence-electron chi connectivity index (χ2n) is 4.15. The van der Waals surface area contributed by atoms with Crippen molar-refractivity contribution in [3.05, 3.63) is 39.1 Å². The Morgan fingerprint density at radius 3 is 2.83 bits per heavy atom. The molecule has 0 aromatic heterocycles. The van der Waals surface area contributed by atoms with Gasteiger partial charge in [0.1, 0.15) is 5.82 Å². The fourth-order valence-corrected chi connectivity index (χ4v) is 2.10. The quantitative estimate of drug-likeness (QED) is 0.568. The maximum Gasteiger partial charge on any atom is 0.150 e. The van der Waals surface area contributed by atoms with Gasteiger partial charge in [-0.25, -0.2) is 4.39 Å². The van der Waals surface area contributed by atoms with Crippen molar-refractivity contribution in [2.75, 3.05) is 13.1 Å². The summed E-state index contributed by atoms with van der Waals surface area (Å²) < 4.78 is 14.5. The van der Waals surface area contributed by atoms with Crippen molar-refractivity contribution < 1.29 is 4.39 Å². The van der Waals surface area contributed by atoms with Crippen molar-refractivity contribution in [1.29, 1.82) is 0 Å². The molecule has 0 saturated carbocycles. The lowest BCUT2D eigenvalue weighted by Crippen LogP contribution is -2.15. The fraction of sp³-hybridized carbons (Fsp3) is 0.429. The van der Waals surface area contributed by atoms with Gasteiger partial charge < -0.3 is 5.32 Å². The topological polar surface area (TPSA) is 12.0 Å². The highest BCUT2D eigenvalue weighted by Crippen LogP contribution is 2.30. The van der Waals surface area contributed by atoms with E-state index in [4.69, 9.17) is 11.6 Å². The van der Waals surface area contributed by atoms with Gasteiger partial charge in [0.15, 0.2) is 0 Å². The first kappa shape index (κ1) is 15.7. The Morgan fingerprint density at radius 2 is 2.17 bits per heavy atom. The summed E-state index contributed by atoms with van der Waals surface area (Å²) in [4.78, 5) is 0. The number of hydrogen-bond acceptors (Lipinski definition) is 1. The molecule has 1 nitrogen and oxygen atoms in total. The summed E-state index contributed by atoms with van der Waals surface area (Å²) in [5.41, 5.74) is 1.49. The first-order valence-electron chi connectivity index (χ1n) is 6.09. The van der Waals surface area contributed by atoms with E-state index in [1.54, 1.807) is 12.1 Å². The molecule has 18 heavy (non-hydrogen) atoms. The Balaban J connectivity index is 2.69. The third-order valence-electron chi connectivity index (χ3n) is 2.66. The maximum absolute atomic E-state index is 13.9. The second kappa shape index (κ2) is 7.93. The number of nitrogens with one attached hydrogen (secondary N) is 1. The predicted molar refractivity (Wildman–Crippen MR) is 80.5 cm³/mol. The van der Waals surface area contributed by atoms with Gasteiger partial charge in [0.25, 0.3) is 0 Å². The monoisotopic (exact) mass is 333 g/mol. The Hall–Kier alpha value is -0.380. The highest BCUT2D eigenvalue weighted by molar-refractivity contribution is 9.10. The molecule has 0 atom stereocenters. The number of hydrogen-bond donors (Lipinski definition) is 1. The molecule has 0 aliphatic rings. The molecule has 1 aromatic carbocycles. The van der Waals surface area contributed by atoms with Crippen LogP contribution in [0.25, 0.3) is 5.57 Å². The number of benzene rings is 1. The molecule has 0 fully saturated rings. The molecule has 0 aliphatic heterocycles. The largest absolute Gasteiger partial charge is 0.316 e. The summed E-state index contributed by atoms with van der Waals surface area (Å²) in [5, 5.41) is 3.45. The molecule has 1 aromatic rings. The van der Waals surface area contributed by atoms with Gasteiger partial charge in [-0.3, -0.25) is 0 Å². The van der Waals surface area contributed by atoms with Crippen molar-refractivity contribution >= 4 is 33.1 Å². The SMILES string of the molecule is CCCNCC/C=C(/C)c1ccc(Br)c(Cl)c1F. The lowest BCUT2D eigenvalue weighted by Gasteiger charge is -2.07. The lowest BCUT2D eigenvalue weighted by atomic mass is 10.1. The second-order valence-corrected chi connectivity index (χ2v) is 5.38. The average Bonchev–Trinajstić information content (AvgIpc) is 2.35. The van der Waals surface area contributed by atoms with Gasteiger partial charge >= 0.3 is 0 Å². The number of rotatable bonds is 6. The van der Waals surface area contributed by atoms with Crippen molar-refractivity contribution in [2.24, 2.45) is 0 Å². The van der Waals surface area contributed by atoms with Crippen molar-refractivity contribution in [3.8, 4) is 0 Å². The normalized spacial score (nSPS) is 11.9. The summed E-state index contributed by atoms with van der Waals surface area (Å²) in [6, 6.07) is 3.52. The molecule has 0 aliphatic carbocycles. The Kier molecular flexibility index (Phi) is 6.90. The van der Waals surface area contributed by atoms with Crippen LogP contribution in [0.4, 0.5) is 4.39 Å². The molecule has 1 rings (SSSR count). The molecular formula is C14H18BrClFN. The van der Waals surface area contributed by atoms with Crippen LogP contribution in [0.1, 0.15) is 32.3 Å². The molecule has 4 heteroatoms. The van der Waals surface area contributed by atoms with Crippen LogP contribution in [-0.4, -0.2) is 13.1 Å². The molecule has 0 bridgehead atoms. The van der Waals surface area contributed by atoms with Crippen molar-refractivity contribution in [1.82, 2.24) is 5.32 Å². The predicted octanol–water partition coefficient (Wildman–Crippen LogP) is 5.03. The van der Waals surface area contributed by atoms with Crippen LogP contribution in [0.2, 0.25) is 5.02 Å². The van der Waals surface area contributed by atoms with Crippen LogP contribution in [0.15, 0.2) is 22.7 Å². The average molecular weight is 335 g/mol. The van der Waals surface area contributed by atoms with Crippen molar-refractivity contribution in [3.63, 3.8) is 0 Å². The minimum absolute atomic E-state index is 0.143. The summed E-state index contributed by atoms with van der Waals surface area (Å²) >= 11 is 9.08. The summed E-state index contributed by atoms with van der Waals surface area (Å²) in [7, 11) is 0. The molecule has 0 radical (unpaired) electrons. The van der Waals surface area contributed by atoms with E-state index in [2.05, 4.69) is 28.2 Å².